The first-order chi connectivity index (χ1) is 11.4. The number of hydrogen-bond acceptors (Lipinski definition) is 3. The van der Waals surface area contributed by atoms with Crippen molar-refractivity contribution in [2.24, 2.45) is 0 Å². The molecule has 130 valence electrons. The molecular formula is C17H19Br3O3Si. The highest BCUT2D eigenvalue weighted by Crippen LogP contribution is 2.35. The third-order valence-electron chi connectivity index (χ3n) is 3.50. The van der Waals surface area contributed by atoms with Crippen LogP contribution in [0.3, 0.4) is 0 Å². The number of aromatic hydroxyl groups is 1. The molecule has 0 saturated carbocycles. The molecule has 0 fully saturated rings. The van der Waals surface area contributed by atoms with E-state index < -0.39 is 3.93 Å². The van der Waals surface area contributed by atoms with Gasteiger partial charge < -0.3 is 14.6 Å². The highest BCUT2D eigenvalue weighted by Gasteiger charge is 2.21. The maximum absolute atomic E-state index is 9.83. The second-order valence-corrected chi connectivity index (χ2v) is 28.9. The Bertz CT molecular complexity index is 657. The van der Waals surface area contributed by atoms with Crippen molar-refractivity contribution in [1.29, 1.82) is 0 Å². The van der Waals surface area contributed by atoms with Crippen LogP contribution in [-0.2, 0) is 11.2 Å². The molecule has 7 heteroatoms. The number of aryl methyl sites for hydroxylation is 1. The molecule has 3 nitrogen and oxygen atoms in total. The summed E-state index contributed by atoms with van der Waals surface area (Å²) in [5.41, 5.74) is 3.39. The van der Waals surface area contributed by atoms with Crippen LogP contribution in [0.4, 0.5) is 0 Å². The molecule has 0 aliphatic heterocycles. The smallest absolute Gasteiger partial charge is 0.267 e. The van der Waals surface area contributed by atoms with Gasteiger partial charge in [0.25, 0.3) is 3.93 Å². The molecule has 2 rings (SSSR count). The molecule has 24 heavy (non-hydrogen) atoms. The molecule has 0 aliphatic rings. The lowest BCUT2D eigenvalue weighted by Crippen LogP contribution is -2.06. The average Bonchev–Trinajstić information content (AvgIpc) is 2.52. The average molecular weight is 539 g/mol. The van der Waals surface area contributed by atoms with E-state index in [9.17, 15) is 5.11 Å². The van der Waals surface area contributed by atoms with Gasteiger partial charge in [0.05, 0.1) is 0 Å². The molecule has 0 aromatic heterocycles. The number of hydrogen-bond donors (Lipinski definition) is 1. The predicted molar refractivity (Wildman–Crippen MR) is 112 cm³/mol. The second-order valence-electron chi connectivity index (χ2n) is 5.39. The number of methoxy groups -OCH3 is 1. The van der Waals surface area contributed by atoms with Crippen LogP contribution in [0.15, 0.2) is 42.5 Å². The summed E-state index contributed by atoms with van der Waals surface area (Å²) in [6.45, 7) is 0.237. The topological polar surface area (TPSA) is 38.7 Å². The third-order valence-corrected chi connectivity index (χ3v) is 7.99. The van der Waals surface area contributed by atoms with E-state index in [2.05, 4.69) is 45.9 Å². The first-order valence-corrected chi connectivity index (χ1v) is 16.5. The molecule has 0 unspecified atom stereocenters. The molecule has 2 aromatic carbocycles. The Hall–Kier alpha value is -0.343. The normalized spacial score (nSPS) is 11.5. The first-order valence-electron chi connectivity index (χ1n) is 7.50. The summed E-state index contributed by atoms with van der Waals surface area (Å²) in [6.07, 6.45) is 1.93. The Morgan fingerprint density at radius 3 is 2.38 bits per heavy atom. The van der Waals surface area contributed by atoms with E-state index in [4.69, 9.17) is 9.47 Å². The van der Waals surface area contributed by atoms with E-state index >= 15 is 0 Å². The van der Waals surface area contributed by atoms with Crippen LogP contribution >= 0.6 is 45.9 Å². The zero-order valence-electron chi connectivity index (χ0n) is 13.3. The lowest BCUT2D eigenvalue weighted by Gasteiger charge is -2.13. The van der Waals surface area contributed by atoms with Crippen LogP contribution in [0.5, 0.6) is 11.5 Å². The largest absolute Gasteiger partial charge is 0.508 e. The number of halogens is 3. The Morgan fingerprint density at radius 1 is 1.04 bits per heavy atom. The number of rotatable bonds is 8. The van der Waals surface area contributed by atoms with Gasteiger partial charge in [0.15, 0.2) is 6.79 Å². The molecule has 0 saturated heterocycles. The van der Waals surface area contributed by atoms with Crippen LogP contribution in [0.2, 0.25) is 6.04 Å². The minimum Gasteiger partial charge on any atom is -0.508 e. The SMILES string of the molecule is COCOc1ccc(-c2ccc(O)cc2CCC[Si](Br)(Br)Br)cc1. The third kappa shape index (κ3) is 6.52. The highest BCUT2D eigenvalue weighted by atomic mass is 80.0. The van der Waals surface area contributed by atoms with Gasteiger partial charge in [-0.05, 0) is 59.8 Å². The van der Waals surface area contributed by atoms with Crippen LogP contribution in [0, 0.1) is 0 Å². The molecule has 0 atom stereocenters. The first kappa shape index (κ1) is 20.0. The van der Waals surface area contributed by atoms with Crippen molar-refractivity contribution in [3.05, 3.63) is 48.0 Å². The minimum absolute atomic E-state index is 0.237. The molecule has 0 amide bonds. The summed E-state index contributed by atoms with van der Waals surface area (Å²) in [4.78, 5) is 0. The van der Waals surface area contributed by atoms with Crippen LogP contribution < -0.4 is 4.74 Å². The Balaban J connectivity index is 2.16. The van der Waals surface area contributed by atoms with Crippen molar-refractivity contribution in [3.8, 4) is 22.6 Å². The van der Waals surface area contributed by atoms with Gasteiger partial charge in [-0.1, -0.05) is 64.1 Å². The fourth-order valence-electron chi connectivity index (χ4n) is 2.41. The van der Waals surface area contributed by atoms with E-state index in [1.807, 2.05) is 36.4 Å². The molecule has 2 aromatic rings. The molecule has 0 heterocycles. The van der Waals surface area contributed by atoms with Gasteiger partial charge in [-0.15, -0.1) is 0 Å². The van der Waals surface area contributed by atoms with Crippen molar-refractivity contribution >= 4 is 49.8 Å². The van der Waals surface area contributed by atoms with Crippen molar-refractivity contribution < 1.29 is 14.6 Å². The molecule has 0 bridgehead atoms. The van der Waals surface area contributed by atoms with Crippen LogP contribution in [0.25, 0.3) is 11.1 Å². The summed E-state index contributed by atoms with van der Waals surface area (Å²) >= 11 is 11.0. The van der Waals surface area contributed by atoms with Gasteiger partial charge >= 0.3 is 0 Å². The monoisotopic (exact) mass is 536 g/mol. The predicted octanol–water partition coefficient (Wildman–Crippen LogP) is 6.10. The van der Waals surface area contributed by atoms with Crippen molar-refractivity contribution in [1.82, 2.24) is 0 Å². The number of benzene rings is 2. The number of phenolic OH excluding ortho intramolecular Hbond substituents is 1. The summed E-state index contributed by atoms with van der Waals surface area (Å²) < 4.78 is 8.74. The fraction of sp³-hybridized carbons (Fsp3) is 0.294. The van der Waals surface area contributed by atoms with E-state index in [1.54, 1.807) is 13.2 Å². The zero-order chi connectivity index (χ0) is 17.6. The minimum atomic E-state index is -1.60. The maximum Gasteiger partial charge on any atom is 0.267 e. The zero-order valence-corrected chi connectivity index (χ0v) is 19.0. The summed E-state index contributed by atoms with van der Waals surface area (Å²) in [5, 5.41) is 9.83. The lowest BCUT2D eigenvalue weighted by atomic mass is 9.96. The lowest BCUT2D eigenvalue weighted by molar-refractivity contribution is 0.0511. The Kier molecular flexibility index (Phi) is 7.81. The summed E-state index contributed by atoms with van der Waals surface area (Å²) in [6, 6.07) is 14.5. The van der Waals surface area contributed by atoms with E-state index in [1.165, 1.54) is 0 Å². The van der Waals surface area contributed by atoms with E-state index in [-0.39, 0.29) is 6.79 Å². The molecule has 1 N–H and O–H groups in total. The van der Waals surface area contributed by atoms with Gasteiger partial charge in [0.2, 0.25) is 0 Å². The Labute approximate surface area is 167 Å². The van der Waals surface area contributed by atoms with Crippen LogP contribution in [0.1, 0.15) is 12.0 Å². The van der Waals surface area contributed by atoms with Gasteiger partial charge in [0, 0.05) is 7.11 Å². The molecule has 0 spiro atoms. The standard InChI is InChI=1S/C17H19Br3O3Si/c1-22-12-23-16-7-4-13(5-8-16)17-9-6-15(21)11-14(17)3-2-10-24(18,19)20/h4-9,11,21H,2-3,10,12H2,1H3. The number of phenols is 1. The second kappa shape index (κ2) is 9.38. The number of ether oxygens (including phenoxy) is 2. The van der Waals surface area contributed by atoms with E-state index in [0.29, 0.717) is 5.75 Å². The van der Waals surface area contributed by atoms with Crippen molar-refractivity contribution in [3.63, 3.8) is 0 Å². The van der Waals surface area contributed by atoms with Crippen molar-refractivity contribution in [2.45, 2.75) is 18.9 Å². The molecular weight excluding hydrogens is 520 g/mol. The van der Waals surface area contributed by atoms with Gasteiger partial charge in [0.1, 0.15) is 11.5 Å². The summed E-state index contributed by atoms with van der Waals surface area (Å²) in [7, 11) is 1.60. The van der Waals surface area contributed by atoms with Gasteiger partial charge in [-0.2, -0.15) is 0 Å². The highest BCUT2D eigenvalue weighted by molar-refractivity contribution is 9.72. The fourth-order valence-corrected chi connectivity index (χ4v) is 5.51. The quantitative estimate of drug-likeness (QED) is 0.251. The van der Waals surface area contributed by atoms with Gasteiger partial charge in [-0.3, -0.25) is 0 Å². The maximum atomic E-state index is 9.83. The molecule has 0 aliphatic carbocycles. The van der Waals surface area contributed by atoms with Crippen LogP contribution in [-0.4, -0.2) is 22.9 Å². The Morgan fingerprint density at radius 2 is 1.75 bits per heavy atom. The van der Waals surface area contributed by atoms with Gasteiger partial charge in [-0.25, -0.2) is 0 Å². The van der Waals surface area contributed by atoms with E-state index in [0.717, 1.165) is 41.3 Å². The summed E-state index contributed by atoms with van der Waals surface area (Å²) in [5.74, 6) is 1.07. The molecule has 0 radical (unpaired) electrons. The van der Waals surface area contributed by atoms with Crippen molar-refractivity contribution in [2.75, 3.05) is 13.9 Å².